The van der Waals surface area contributed by atoms with Gasteiger partial charge in [-0.2, -0.15) is 8.78 Å². The topological polar surface area (TPSA) is 94.2 Å². The Bertz CT molecular complexity index is 1520. The van der Waals surface area contributed by atoms with Gasteiger partial charge < -0.3 is 24.4 Å². The van der Waals surface area contributed by atoms with Crippen molar-refractivity contribution in [3.63, 3.8) is 0 Å². The zero-order chi connectivity index (χ0) is 32.3. The molecule has 0 aliphatic heterocycles. The molecule has 0 saturated carbocycles. The summed E-state index contributed by atoms with van der Waals surface area (Å²) in [6, 6.07) is 13.3. The zero-order valence-corrected chi connectivity index (χ0v) is 24.2. The Labute approximate surface area is 249 Å². The Balaban J connectivity index is 1.51. The van der Waals surface area contributed by atoms with Gasteiger partial charge in [-0.05, 0) is 49.4 Å². The Morgan fingerprint density at radius 2 is 1.34 bits per heavy atom. The Hall–Kier alpha value is -4.68. The van der Waals surface area contributed by atoms with E-state index in [-0.39, 0.29) is 19.1 Å². The molecule has 44 heavy (non-hydrogen) atoms. The van der Waals surface area contributed by atoms with Gasteiger partial charge in [0.1, 0.15) is 18.2 Å². The van der Waals surface area contributed by atoms with E-state index in [0.717, 1.165) is 27.2 Å². The lowest BCUT2D eigenvalue weighted by Gasteiger charge is -2.26. The maximum absolute atomic E-state index is 14.2. The molecule has 0 saturated heterocycles. The highest BCUT2D eigenvalue weighted by Crippen LogP contribution is 2.44. The zero-order valence-electron chi connectivity index (χ0n) is 24.2. The molecule has 1 aliphatic carbocycles. The van der Waals surface area contributed by atoms with Crippen LogP contribution in [0.3, 0.4) is 0 Å². The minimum absolute atomic E-state index is 0.156. The summed E-state index contributed by atoms with van der Waals surface area (Å²) in [5.41, 5.74) is 2.89. The third-order valence-electron chi connectivity index (χ3n) is 6.75. The van der Waals surface area contributed by atoms with E-state index in [4.69, 9.17) is 9.47 Å². The number of alkyl carbamates (subject to hydrolysis) is 1. The van der Waals surface area contributed by atoms with E-state index in [9.17, 15) is 36.3 Å². The molecule has 0 unspecified atom stereocenters. The molecule has 3 aromatic rings. The number of carbonyl (C=O) groups excluding carboxylic acids is 3. The second-order valence-electron chi connectivity index (χ2n) is 11.0. The normalized spacial score (nSPS) is 13.0. The van der Waals surface area contributed by atoms with E-state index in [1.165, 1.54) is 7.05 Å². The number of esters is 1. The van der Waals surface area contributed by atoms with Crippen LogP contribution < -0.4 is 10.1 Å². The van der Waals surface area contributed by atoms with Crippen molar-refractivity contribution in [2.75, 3.05) is 20.2 Å². The summed E-state index contributed by atoms with van der Waals surface area (Å²) < 4.78 is 84.5. The minimum atomic E-state index is -2.44. The number of ether oxygens (including phenoxy) is 3. The molecular weight excluding hydrogens is 591 g/mol. The molecule has 0 spiro atoms. The van der Waals surface area contributed by atoms with Crippen LogP contribution in [0.25, 0.3) is 11.1 Å². The number of benzene rings is 3. The maximum Gasteiger partial charge on any atom is 0.410 e. The average molecular weight is 621 g/mol. The van der Waals surface area contributed by atoms with Gasteiger partial charge in [0, 0.05) is 19.5 Å². The van der Waals surface area contributed by atoms with Gasteiger partial charge in [0.05, 0.1) is 0 Å². The summed E-state index contributed by atoms with van der Waals surface area (Å²) >= 11 is 0. The fourth-order valence-electron chi connectivity index (χ4n) is 4.63. The highest BCUT2D eigenvalue weighted by molar-refractivity contribution is 5.83. The molecule has 1 aliphatic rings. The first kappa shape index (κ1) is 32.2. The molecule has 0 bridgehead atoms. The van der Waals surface area contributed by atoms with Crippen LogP contribution in [0.1, 0.15) is 44.2 Å². The van der Waals surface area contributed by atoms with Crippen LogP contribution >= 0.6 is 0 Å². The molecule has 0 aromatic heterocycles. The first-order valence-corrected chi connectivity index (χ1v) is 13.5. The smallest absolute Gasteiger partial charge is 0.410 e. The van der Waals surface area contributed by atoms with Crippen LogP contribution in [0.15, 0.2) is 48.5 Å². The lowest BCUT2D eigenvalue weighted by atomic mass is 9.98. The first-order chi connectivity index (χ1) is 20.7. The van der Waals surface area contributed by atoms with Gasteiger partial charge in [-0.25, -0.2) is 27.6 Å². The number of amides is 2. The summed E-state index contributed by atoms with van der Waals surface area (Å²) in [7, 11) is 1.33. The molecule has 1 N–H and O–H groups in total. The molecule has 234 valence electrons. The van der Waals surface area contributed by atoms with E-state index in [1.807, 2.05) is 48.5 Å². The van der Waals surface area contributed by atoms with Gasteiger partial charge in [-0.3, -0.25) is 0 Å². The lowest BCUT2D eigenvalue weighted by Crippen LogP contribution is -2.46. The van der Waals surface area contributed by atoms with E-state index in [2.05, 4.69) is 10.1 Å². The van der Waals surface area contributed by atoms with E-state index in [1.54, 1.807) is 20.8 Å². The van der Waals surface area contributed by atoms with Crippen LogP contribution in [-0.4, -0.2) is 54.9 Å². The number of nitrogens with one attached hydrogen (secondary N) is 1. The summed E-state index contributed by atoms with van der Waals surface area (Å²) in [5.74, 6) is -15.6. The number of rotatable bonds is 8. The number of hydrogen-bond acceptors (Lipinski definition) is 6. The minimum Gasteiger partial charge on any atom is -0.449 e. The molecule has 1 atom stereocenters. The Morgan fingerprint density at radius 1 is 0.841 bits per heavy atom. The van der Waals surface area contributed by atoms with Crippen molar-refractivity contribution in [3.05, 3.63) is 88.7 Å². The van der Waals surface area contributed by atoms with Crippen molar-refractivity contribution in [2.45, 2.75) is 44.8 Å². The molecule has 0 heterocycles. The van der Waals surface area contributed by atoms with Crippen molar-refractivity contribution in [3.8, 4) is 16.9 Å². The van der Waals surface area contributed by atoms with Gasteiger partial charge >= 0.3 is 18.2 Å². The largest absolute Gasteiger partial charge is 0.449 e. The summed E-state index contributed by atoms with van der Waals surface area (Å²) in [5, 5.41) is 2.21. The molecule has 8 nitrogen and oxygen atoms in total. The molecular formula is C31H29F5N2O6. The number of fused-ring (bicyclic) bond motifs is 3. The fraction of sp³-hybridized carbons (Fsp3) is 0.323. The highest BCUT2D eigenvalue weighted by Gasteiger charge is 2.33. The first-order valence-electron chi connectivity index (χ1n) is 13.5. The number of carbonyl (C=O) groups is 3. The predicted molar refractivity (Wildman–Crippen MR) is 147 cm³/mol. The lowest BCUT2D eigenvalue weighted by molar-refractivity contribution is -0.137. The van der Waals surface area contributed by atoms with Crippen molar-refractivity contribution in [2.24, 2.45) is 0 Å². The van der Waals surface area contributed by atoms with Gasteiger partial charge in [0.2, 0.25) is 34.8 Å². The second kappa shape index (κ2) is 12.9. The number of hydrogen-bond donors (Lipinski definition) is 1. The van der Waals surface area contributed by atoms with Crippen LogP contribution in [0, 0.1) is 29.1 Å². The number of halogens is 5. The monoisotopic (exact) mass is 620 g/mol. The van der Waals surface area contributed by atoms with Crippen molar-refractivity contribution in [1.82, 2.24) is 10.2 Å². The van der Waals surface area contributed by atoms with Crippen LogP contribution in [0.4, 0.5) is 31.5 Å². The predicted octanol–water partition coefficient (Wildman–Crippen LogP) is 6.45. The van der Waals surface area contributed by atoms with Crippen LogP contribution in [0.2, 0.25) is 0 Å². The quantitative estimate of drug-likeness (QED) is 0.102. The molecule has 0 fully saturated rings. The van der Waals surface area contributed by atoms with Gasteiger partial charge in [0.15, 0.2) is 0 Å². The van der Waals surface area contributed by atoms with Crippen molar-refractivity contribution < 1.29 is 50.5 Å². The van der Waals surface area contributed by atoms with Crippen LogP contribution in [-0.2, 0) is 14.3 Å². The SMILES string of the molecule is CN(CC[C@@H](NC(=O)OCC1c2ccccc2-c2ccccc21)C(=O)Oc1c(F)c(F)c(F)c(F)c1F)C(=O)OC(C)(C)C. The van der Waals surface area contributed by atoms with Crippen molar-refractivity contribution in [1.29, 1.82) is 0 Å². The third kappa shape index (κ3) is 6.92. The van der Waals surface area contributed by atoms with Crippen LogP contribution in [0.5, 0.6) is 5.75 Å². The molecule has 3 aromatic carbocycles. The number of nitrogens with zero attached hydrogens (tertiary/aromatic N) is 1. The van der Waals surface area contributed by atoms with E-state index in [0.29, 0.717) is 0 Å². The van der Waals surface area contributed by atoms with E-state index >= 15 is 0 Å². The highest BCUT2D eigenvalue weighted by atomic mass is 19.2. The summed E-state index contributed by atoms with van der Waals surface area (Å²) in [4.78, 5) is 39.3. The molecule has 0 radical (unpaired) electrons. The maximum atomic E-state index is 14.2. The van der Waals surface area contributed by atoms with Gasteiger partial charge in [-0.15, -0.1) is 0 Å². The Morgan fingerprint density at radius 3 is 1.86 bits per heavy atom. The third-order valence-corrected chi connectivity index (χ3v) is 6.75. The molecule has 13 heteroatoms. The Kier molecular flexibility index (Phi) is 9.45. The summed E-state index contributed by atoms with van der Waals surface area (Å²) in [6.07, 6.45) is -2.33. The van der Waals surface area contributed by atoms with Crippen molar-refractivity contribution >= 4 is 18.2 Å². The molecule has 4 rings (SSSR count). The van der Waals surface area contributed by atoms with Gasteiger partial charge in [0.25, 0.3) is 0 Å². The molecule has 2 amide bonds. The van der Waals surface area contributed by atoms with Gasteiger partial charge in [-0.1, -0.05) is 48.5 Å². The fourth-order valence-corrected chi connectivity index (χ4v) is 4.63. The average Bonchev–Trinajstić information content (AvgIpc) is 3.30. The van der Waals surface area contributed by atoms with E-state index < -0.39 is 71.1 Å². The summed E-state index contributed by atoms with van der Waals surface area (Å²) in [6.45, 7) is 4.47. The standard InChI is InChI=1S/C31H29F5N2O6/c1-31(2,3)44-30(41)38(4)14-13-21(28(39)43-27-25(35)23(33)22(32)24(34)26(27)36)37-29(40)42-15-20-18-11-7-5-9-16(18)17-10-6-8-12-19(17)20/h5-12,20-21H,13-15H2,1-4H3,(H,37,40)/t21-/m1/s1. The second-order valence-corrected chi connectivity index (χ2v) is 11.0.